The molecule has 13 heteroatoms. The van der Waals surface area contributed by atoms with Crippen molar-refractivity contribution in [2.45, 2.75) is 12.7 Å². The normalized spacial score (nSPS) is 11.7. The second-order valence-corrected chi connectivity index (χ2v) is 6.39. The molecule has 35 heavy (non-hydrogen) atoms. The zero-order chi connectivity index (χ0) is 26.3. The lowest BCUT2D eigenvalue weighted by Crippen LogP contribution is -2.29. The van der Waals surface area contributed by atoms with Crippen LogP contribution in [0.4, 0.5) is 18.9 Å². The molecule has 2 aromatic carbocycles. The van der Waals surface area contributed by atoms with E-state index in [2.05, 4.69) is 37.1 Å². The number of aliphatic hydroxyl groups is 1. The number of carbonyl (C=O) groups is 2. The number of carboxylic acids is 1. The van der Waals surface area contributed by atoms with Crippen LogP contribution in [0, 0.1) is 0 Å². The third kappa shape index (κ3) is 11.5. The van der Waals surface area contributed by atoms with Crippen LogP contribution in [0.15, 0.2) is 63.5 Å². The van der Waals surface area contributed by atoms with Crippen LogP contribution in [0.5, 0.6) is 0 Å². The third-order valence-corrected chi connectivity index (χ3v) is 3.87. The predicted octanol–water partition coefficient (Wildman–Crippen LogP) is 2.96. The molecule has 2 aromatic rings. The summed E-state index contributed by atoms with van der Waals surface area (Å²) in [5.41, 5.74) is 1.73. The van der Waals surface area contributed by atoms with E-state index < -0.39 is 25.5 Å². The van der Waals surface area contributed by atoms with Crippen LogP contribution in [0.3, 0.4) is 0 Å². The number of alkyl halides is 3. The fourth-order valence-electron chi connectivity index (χ4n) is 2.31. The van der Waals surface area contributed by atoms with Gasteiger partial charge in [0.25, 0.3) is 0 Å². The van der Waals surface area contributed by atoms with Gasteiger partial charge in [-0.25, -0.2) is 14.8 Å². The molecule has 0 heterocycles. The van der Waals surface area contributed by atoms with Crippen molar-refractivity contribution < 1.29 is 37.7 Å². The number of aliphatic imine (C=N–C) groups is 3. The maximum Gasteiger partial charge on any atom is 0.411 e. The van der Waals surface area contributed by atoms with Crippen molar-refractivity contribution in [2.75, 3.05) is 25.8 Å². The number of nitrogens with one attached hydrogen (secondary N) is 2. The summed E-state index contributed by atoms with van der Waals surface area (Å²) in [5, 5.41) is 21.3. The molecule has 0 radical (unpaired) electrons. The summed E-state index contributed by atoms with van der Waals surface area (Å²) in [6.45, 7) is 1.51. The van der Waals surface area contributed by atoms with E-state index in [1.807, 2.05) is 0 Å². The van der Waals surface area contributed by atoms with Crippen molar-refractivity contribution in [1.82, 2.24) is 5.32 Å². The highest BCUT2D eigenvalue weighted by Crippen LogP contribution is 2.14. The van der Waals surface area contributed by atoms with Crippen molar-refractivity contribution in [1.29, 1.82) is 0 Å². The molecule has 10 nitrogen and oxygen atoms in total. The number of hydrogen-bond acceptors (Lipinski definition) is 5. The zero-order valence-electron chi connectivity index (χ0n) is 18.6. The Kier molecular flexibility index (Phi) is 12.3. The van der Waals surface area contributed by atoms with Gasteiger partial charge in [0.2, 0.25) is 11.9 Å². The fourth-order valence-corrected chi connectivity index (χ4v) is 2.31. The molecular weight excluding hydrogens is 471 g/mol. The van der Waals surface area contributed by atoms with Crippen molar-refractivity contribution in [3.05, 3.63) is 65.2 Å². The number of carbonyl (C=O) groups excluding carboxylic acids is 1. The number of guanidine groups is 2. The number of benzene rings is 2. The average Bonchev–Trinajstić information content (AvgIpc) is 2.85. The Bertz CT molecular complexity index is 1020. The van der Waals surface area contributed by atoms with Crippen molar-refractivity contribution in [3.63, 3.8) is 0 Å². The smallest absolute Gasteiger partial charge is 0.411 e. The molecule has 2 rings (SSSR count). The number of rotatable bonds is 8. The van der Waals surface area contributed by atoms with Gasteiger partial charge in [-0.3, -0.25) is 4.79 Å². The Labute approximate surface area is 198 Å². The molecular formula is C22H24F3N5O5. The quantitative estimate of drug-likeness (QED) is 0.145. The summed E-state index contributed by atoms with van der Waals surface area (Å²) < 4.78 is 41.4. The van der Waals surface area contributed by atoms with Gasteiger partial charge in [-0.1, -0.05) is 24.3 Å². The van der Waals surface area contributed by atoms with Crippen LogP contribution in [-0.4, -0.2) is 67.7 Å². The van der Waals surface area contributed by atoms with Gasteiger partial charge < -0.3 is 25.6 Å². The highest BCUT2D eigenvalue weighted by atomic mass is 19.4. The monoisotopic (exact) mass is 495 g/mol. The van der Waals surface area contributed by atoms with Gasteiger partial charge in [0.05, 0.1) is 12.1 Å². The maximum absolute atomic E-state index is 12.3. The lowest BCUT2D eigenvalue weighted by Gasteiger charge is -2.11. The van der Waals surface area contributed by atoms with Crippen molar-refractivity contribution >= 4 is 36.6 Å². The molecule has 0 bridgehead atoms. The van der Waals surface area contributed by atoms with E-state index in [1.54, 1.807) is 24.3 Å². The first-order valence-corrected chi connectivity index (χ1v) is 9.77. The molecule has 0 aliphatic rings. The molecule has 0 saturated heterocycles. The second kappa shape index (κ2) is 14.9. The molecule has 0 amide bonds. The molecule has 0 atom stereocenters. The Morgan fingerprint density at radius 2 is 1.71 bits per heavy atom. The fraction of sp³-hybridized carbons (Fsp3) is 0.227. The molecule has 0 spiro atoms. The van der Waals surface area contributed by atoms with Crippen LogP contribution >= 0.6 is 0 Å². The summed E-state index contributed by atoms with van der Waals surface area (Å²) in [6.07, 6.45) is -3.79. The van der Waals surface area contributed by atoms with Crippen LogP contribution in [0.2, 0.25) is 0 Å². The number of halogens is 3. The number of hydrogen-bond donors (Lipinski definition) is 4. The van der Waals surface area contributed by atoms with Crippen LogP contribution in [0.25, 0.3) is 0 Å². The molecule has 4 N–H and O–H groups in total. The number of carboxylic acid groups (broad SMARTS) is 1. The minimum Gasteiger partial charge on any atom is -0.478 e. The van der Waals surface area contributed by atoms with Gasteiger partial charge in [-0.2, -0.15) is 18.2 Å². The minimum absolute atomic E-state index is 0.0450. The number of ether oxygens (including phenoxy) is 1. The van der Waals surface area contributed by atoms with Crippen molar-refractivity contribution in [3.8, 4) is 0 Å². The second-order valence-electron chi connectivity index (χ2n) is 6.39. The summed E-state index contributed by atoms with van der Waals surface area (Å²) in [4.78, 5) is 33.8. The lowest BCUT2D eigenvalue weighted by molar-refractivity contribution is -0.174. The molecule has 0 aliphatic heterocycles. The molecule has 188 valence electrons. The molecule has 0 unspecified atom stereocenters. The number of aromatic carboxylic acids is 1. The minimum atomic E-state index is -4.49. The Morgan fingerprint density at radius 1 is 1.09 bits per heavy atom. The summed E-state index contributed by atoms with van der Waals surface area (Å²) in [6, 6.07) is 12.2. The largest absolute Gasteiger partial charge is 0.478 e. The topological polar surface area (TPSA) is 145 Å². The van der Waals surface area contributed by atoms with Gasteiger partial charge in [-0.15, -0.1) is 0 Å². The summed E-state index contributed by atoms with van der Waals surface area (Å²) >= 11 is 0. The number of aldehydes is 1. The average molecular weight is 495 g/mol. The molecule has 0 aromatic heterocycles. The van der Waals surface area contributed by atoms with Gasteiger partial charge in [0, 0.05) is 18.4 Å². The van der Waals surface area contributed by atoms with Gasteiger partial charge >= 0.3 is 12.1 Å². The predicted molar refractivity (Wildman–Crippen MR) is 125 cm³/mol. The summed E-state index contributed by atoms with van der Waals surface area (Å²) in [7, 11) is 1.00. The van der Waals surface area contributed by atoms with Crippen LogP contribution in [-0.2, 0) is 11.3 Å². The van der Waals surface area contributed by atoms with E-state index in [1.165, 1.54) is 24.3 Å². The summed E-state index contributed by atoms with van der Waals surface area (Å²) in [5.74, 6) is -1.22. The first-order valence-electron chi connectivity index (χ1n) is 9.77. The van der Waals surface area contributed by atoms with Gasteiger partial charge in [0.15, 0.2) is 0 Å². The van der Waals surface area contributed by atoms with E-state index in [0.29, 0.717) is 17.5 Å². The highest BCUT2D eigenvalue weighted by molar-refractivity contribution is 6.04. The zero-order valence-corrected chi connectivity index (χ0v) is 18.6. The van der Waals surface area contributed by atoms with Crippen LogP contribution in [0.1, 0.15) is 26.3 Å². The molecule has 0 saturated carbocycles. The Balaban J connectivity index is 0.00000298. The van der Waals surface area contributed by atoms with Gasteiger partial charge in [0.1, 0.15) is 19.6 Å². The van der Waals surface area contributed by atoms with E-state index >= 15 is 0 Å². The highest BCUT2D eigenvalue weighted by Gasteiger charge is 2.27. The van der Waals surface area contributed by atoms with Crippen LogP contribution < -0.4 is 10.6 Å². The van der Waals surface area contributed by atoms with E-state index in [9.17, 15) is 22.8 Å². The number of nitrogens with zero attached hydrogens (tertiary/aromatic N) is 3. The maximum atomic E-state index is 12.3. The number of aliphatic hydroxyl groups excluding tert-OH is 1. The standard InChI is InChI=1S/C21H20F3N5O4.CH4O/c1-25-19(28-17-8-6-16(7-9-17)18(31)32)29-20(27-13-33-12-21(22,23)24)26-10-14-2-4-15(11-30)5-3-14;1-2/h2-9,11H,1,10,12-13H2,(H,31,32)(H2,26,27,28,29);2H,1H3. The number of anilines is 1. The molecule has 0 fully saturated rings. The Hall–Kier alpha value is -4.10. The van der Waals surface area contributed by atoms with Gasteiger partial charge in [-0.05, 0) is 36.5 Å². The lowest BCUT2D eigenvalue weighted by atomic mass is 10.1. The van der Waals surface area contributed by atoms with E-state index in [0.717, 1.165) is 12.7 Å². The third-order valence-electron chi connectivity index (χ3n) is 3.87. The first kappa shape index (κ1) is 28.9. The van der Waals surface area contributed by atoms with E-state index in [-0.39, 0.29) is 24.0 Å². The molecule has 0 aliphatic carbocycles. The van der Waals surface area contributed by atoms with Crippen molar-refractivity contribution in [2.24, 2.45) is 15.0 Å². The first-order chi connectivity index (χ1) is 16.7. The Morgan fingerprint density at radius 3 is 2.23 bits per heavy atom. The van der Waals surface area contributed by atoms with E-state index in [4.69, 9.17) is 10.2 Å². The SMILES string of the molecule is C=N/C(=N\C(=NCc1ccc(C=O)cc1)NCOCC(F)(F)F)Nc1ccc(C(=O)O)cc1.CO.